The molecule has 0 radical (unpaired) electrons. The summed E-state index contributed by atoms with van der Waals surface area (Å²) in [7, 11) is 0. The Morgan fingerprint density at radius 2 is 2.00 bits per heavy atom. The van der Waals surface area contributed by atoms with E-state index in [1.807, 2.05) is 25.0 Å². The minimum atomic E-state index is 0.0251. The molecule has 0 aromatic heterocycles. The van der Waals surface area contributed by atoms with Crippen LogP contribution < -0.4 is 4.74 Å². The van der Waals surface area contributed by atoms with E-state index in [1.54, 1.807) is 18.2 Å². The SMILES string of the molecule is Cc1ccc2c(c1)Oc1cccc(O)c1C2=C=O. The summed E-state index contributed by atoms with van der Waals surface area (Å²) >= 11 is 0. The largest absolute Gasteiger partial charge is 0.507 e. The van der Waals surface area contributed by atoms with Gasteiger partial charge in [0.2, 0.25) is 0 Å². The number of benzene rings is 2. The Morgan fingerprint density at radius 1 is 1.17 bits per heavy atom. The van der Waals surface area contributed by atoms with Crippen molar-refractivity contribution in [1.82, 2.24) is 0 Å². The zero-order valence-corrected chi connectivity index (χ0v) is 9.73. The Labute approximate surface area is 104 Å². The maximum absolute atomic E-state index is 11.2. The molecule has 2 aromatic rings. The zero-order chi connectivity index (χ0) is 12.7. The summed E-state index contributed by atoms with van der Waals surface area (Å²) in [5.74, 6) is 3.02. The van der Waals surface area contributed by atoms with E-state index in [9.17, 15) is 9.90 Å². The Kier molecular flexibility index (Phi) is 2.22. The molecule has 88 valence electrons. The molecule has 1 N–H and O–H groups in total. The fourth-order valence-electron chi connectivity index (χ4n) is 2.14. The van der Waals surface area contributed by atoms with Crippen molar-refractivity contribution in [2.24, 2.45) is 0 Å². The van der Waals surface area contributed by atoms with Crippen molar-refractivity contribution in [2.75, 3.05) is 0 Å². The molecule has 2 aromatic carbocycles. The topological polar surface area (TPSA) is 46.5 Å². The molecule has 1 heterocycles. The van der Waals surface area contributed by atoms with Gasteiger partial charge in [-0.15, -0.1) is 0 Å². The minimum absolute atomic E-state index is 0.0251. The highest BCUT2D eigenvalue weighted by Crippen LogP contribution is 2.46. The van der Waals surface area contributed by atoms with Gasteiger partial charge in [-0.2, -0.15) is 0 Å². The second-order valence-corrected chi connectivity index (χ2v) is 4.23. The maximum Gasteiger partial charge on any atom is 0.139 e. The second-order valence-electron chi connectivity index (χ2n) is 4.23. The van der Waals surface area contributed by atoms with Gasteiger partial charge in [0.15, 0.2) is 0 Å². The van der Waals surface area contributed by atoms with E-state index in [0.29, 0.717) is 28.2 Å². The molecule has 0 atom stereocenters. The van der Waals surface area contributed by atoms with Crippen LogP contribution in [0.25, 0.3) is 5.57 Å². The molecule has 0 amide bonds. The number of hydrogen-bond donors (Lipinski definition) is 1. The van der Waals surface area contributed by atoms with E-state index in [2.05, 4.69) is 0 Å². The summed E-state index contributed by atoms with van der Waals surface area (Å²) in [4.78, 5) is 11.2. The molecule has 0 saturated carbocycles. The quantitative estimate of drug-likeness (QED) is 0.612. The maximum atomic E-state index is 11.2. The third kappa shape index (κ3) is 1.42. The summed E-state index contributed by atoms with van der Waals surface area (Å²) in [5, 5.41) is 9.86. The summed E-state index contributed by atoms with van der Waals surface area (Å²) in [5.41, 5.74) is 2.44. The van der Waals surface area contributed by atoms with Crippen LogP contribution >= 0.6 is 0 Å². The van der Waals surface area contributed by atoms with Crippen LogP contribution in [0.5, 0.6) is 17.2 Å². The fraction of sp³-hybridized carbons (Fsp3) is 0.0667. The standard InChI is InChI=1S/C15H10O3/c1-9-5-6-10-11(8-16)15-12(17)3-2-4-13(15)18-14(10)7-9/h2-7,17H,1H3. The number of fused-ring (bicyclic) bond motifs is 2. The molecule has 0 bridgehead atoms. The smallest absolute Gasteiger partial charge is 0.139 e. The van der Waals surface area contributed by atoms with Gasteiger partial charge in [-0.05, 0) is 36.8 Å². The number of phenols is 1. The van der Waals surface area contributed by atoms with Crippen LogP contribution in [0.15, 0.2) is 36.4 Å². The lowest BCUT2D eigenvalue weighted by molar-refractivity contribution is 0.446. The van der Waals surface area contributed by atoms with Gasteiger partial charge < -0.3 is 9.84 Å². The van der Waals surface area contributed by atoms with E-state index in [1.165, 1.54) is 6.07 Å². The van der Waals surface area contributed by atoms with Gasteiger partial charge in [0.1, 0.15) is 23.2 Å². The summed E-state index contributed by atoms with van der Waals surface area (Å²) in [6, 6.07) is 10.5. The summed E-state index contributed by atoms with van der Waals surface area (Å²) < 4.78 is 5.71. The monoisotopic (exact) mass is 238 g/mol. The third-order valence-corrected chi connectivity index (χ3v) is 2.98. The lowest BCUT2D eigenvalue weighted by atomic mass is 9.94. The number of ether oxygens (including phenoxy) is 1. The first-order valence-corrected chi connectivity index (χ1v) is 5.57. The van der Waals surface area contributed by atoms with Gasteiger partial charge in [0, 0.05) is 5.56 Å². The van der Waals surface area contributed by atoms with Crippen LogP contribution in [0.2, 0.25) is 0 Å². The van der Waals surface area contributed by atoms with Crippen LogP contribution in [0, 0.1) is 6.92 Å². The van der Waals surface area contributed by atoms with Crippen molar-refractivity contribution in [3.05, 3.63) is 53.1 Å². The van der Waals surface area contributed by atoms with Gasteiger partial charge in [-0.1, -0.05) is 12.1 Å². The van der Waals surface area contributed by atoms with E-state index in [0.717, 1.165) is 5.56 Å². The normalized spacial score (nSPS) is 12.2. The predicted octanol–water partition coefficient (Wildman–Crippen LogP) is 3.07. The highest BCUT2D eigenvalue weighted by Gasteiger charge is 2.25. The fourth-order valence-corrected chi connectivity index (χ4v) is 2.14. The molecule has 0 saturated heterocycles. The number of hydrogen-bond acceptors (Lipinski definition) is 3. The lowest BCUT2D eigenvalue weighted by Gasteiger charge is -2.21. The highest BCUT2D eigenvalue weighted by atomic mass is 16.5. The first-order valence-electron chi connectivity index (χ1n) is 5.57. The van der Waals surface area contributed by atoms with E-state index in [4.69, 9.17) is 4.74 Å². The van der Waals surface area contributed by atoms with Crippen molar-refractivity contribution in [2.45, 2.75) is 6.92 Å². The Morgan fingerprint density at radius 3 is 2.78 bits per heavy atom. The molecule has 3 heteroatoms. The van der Waals surface area contributed by atoms with E-state index < -0.39 is 0 Å². The lowest BCUT2D eigenvalue weighted by Crippen LogP contribution is -2.03. The number of rotatable bonds is 0. The van der Waals surface area contributed by atoms with Gasteiger partial charge in [0.05, 0.1) is 11.1 Å². The number of aryl methyl sites for hydroxylation is 1. The average Bonchev–Trinajstić information content (AvgIpc) is 2.36. The third-order valence-electron chi connectivity index (χ3n) is 2.98. The molecule has 1 aliphatic heterocycles. The Bertz CT molecular complexity index is 695. The molecule has 0 aliphatic carbocycles. The van der Waals surface area contributed by atoms with Gasteiger partial charge in [-0.25, -0.2) is 4.79 Å². The molecule has 18 heavy (non-hydrogen) atoms. The minimum Gasteiger partial charge on any atom is -0.507 e. The van der Waals surface area contributed by atoms with Crippen LogP contribution in [0.4, 0.5) is 0 Å². The average molecular weight is 238 g/mol. The zero-order valence-electron chi connectivity index (χ0n) is 9.73. The molecule has 0 fully saturated rings. The molecule has 1 aliphatic rings. The first-order chi connectivity index (χ1) is 8.70. The van der Waals surface area contributed by atoms with Crippen LogP contribution in [-0.4, -0.2) is 11.0 Å². The number of phenolic OH excluding ortho intramolecular Hbond substituents is 1. The van der Waals surface area contributed by atoms with E-state index >= 15 is 0 Å². The predicted molar refractivity (Wildman–Crippen MR) is 67.6 cm³/mol. The molecular formula is C15H10O3. The first kappa shape index (κ1) is 10.6. The second kappa shape index (κ2) is 3.76. The van der Waals surface area contributed by atoms with E-state index in [-0.39, 0.29) is 5.75 Å². The van der Waals surface area contributed by atoms with Gasteiger partial charge >= 0.3 is 0 Å². The Balaban J connectivity index is 2.33. The van der Waals surface area contributed by atoms with Crippen LogP contribution in [0.3, 0.4) is 0 Å². The molecule has 0 unspecified atom stereocenters. The van der Waals surface area contributed by atoms with Gasteiger partial charge in [0.25, 0.3) is 0 Å². The Hall–Kier alpha value is -2.51. The molecule has 0 spiro atoms. The van der Waals surface area contributed by atoms with Crippen LogP contribution in [0.1, 0.15) is 16.7 Å². The van der Waals surface area contributed by atoms with Gasteiger partial charge in [-0.3, -0.25) is 0 Å². The number of aromatic hydroxyl groups is 1. The van der Waals surface area contributed by atoms with Crippen LogP contribution in [-0.2, 0) is 4.79 Å². The van der Waals surface area contributed by atoms with Crippen molar-refractivity contribution >= 4 is 11.5 Å². The summed E-state index contributed by atoms with van der Waals surface area (Å²) in [6.07, 6.45) is 0. The van der Waals surface area contributed by atoms with Crippen molar-refractivity contribution < 1.29 is 14.6 Å². The van der Waals surface area contributed by atoms with Crippen molar-refractivity contribution in [3.63, 3.8) is 0 Å². The number of carbonyl (C=O) groups excluding carboxylic acids is 1. The molecule has 3 nitrogen and oxygen atoms in total. The molecule has 3 rings (SSSR count). The van der Waals surface area contributed by atoms with Crippen molar-refractivity contribution in [1.29, 1.82) is 0 Å². The molecular weight excluding hydrogens is 228 g/mol. The highest BCUT2D eigenvalue weighted by molar-refractivity contribution is 6.03. The summed E-state index contributed by atoms with van der Waals surface area (Å²) in [6.45, 7) is 1.95. The van der Waals surface area contributed by atoms with Crippen molar-refractivity contribution in [3.8, 4) is 17.2 Å².